The van der Waals surface area contributed by atoms with Gasteiger partial charge in [-0.15, -0.1) is 0 Å². The van der Waals surface area contributed by atoms with Crippen molar-refractivity contribution in [3.63, 3.8) is 0 Å². The van der Waals surface area contributed by atoms with Gasteiger partial charge in [-0.05, 0) is 75.2 Å². The molecule has 0 N–H and O–H groups in total. The average molecular weight is 789 g/mol. The Morgan fingerprint density at radius 3 is 1.03 bits per heavy atom. The van der Waals surface area contributed by atoms with Crippen LogP contribution in [0.25, 0.3) is 111 Å². The molecule has 0 aliphatic carbocycles. The maximum Gasteiger partial charge on any atom is 0.214 e. The fourth-order valence-electron chi connectivity index (χ4n) is 8.71. The Bertz CT molecular complexity index is 3490. The fourth-order valence-corrected chi connectivity index (χ4v) is 8.71. The van der Waals surface area contributed by atoms with Gasteiger partial charge in [-0.2, -0.15) is 8.78 Å². The van der Waals surface area contributed by atoms with Crippen LogP contribution in [0.3, 0.4) is 0 Å². The molecule has 11 rings (SSSR count). The summed E-state index contributed by atoms with van der Waals surface area (Å²) in [6, 6.07) is 61.7. The summed E-state index contributed by atoms with van der Waals surface area (Å²) in [5.74, 6) is -1.13. The minimum atomic E-state index is -0.563. The summed E-state index contributed by atoms with van der Waals surface area (Å²) >= 11 is 0. The summed E-state index contributed by atoms with van der Waals surface area (Å²) in [6.45, 7) is 2.07. The molecule has 0 amide bonds. The molecule has 0 saturated heterocycles. The summed E-state index contributed by atoms with van der Waals surface area (Å²) in [7, 11) is 0. The van der Waals surface area contributed by atoms with Gasteiger partial charge in [0.25, 0.3) is 0 Å². The lowest BCUT2D eigenvalue weighted by atomic mass is 9.93. The lowest BCUT2D eigenvalue weighted by Gasteiger charge is -2.16. The Morgan fingerprint density at radius 1 is 0.295 bits per heavy atom. The molecule has 0 aliphatic rings. The molecule has 11 aromatic rings. The van der Waals surface area contributed by atoms with E-state index < -0.39 is 11.9 Å². The molecule has 4 heterocycles. The van der Waals surface area contributed by atoms with E-state index in [1.165, 1.54) is 12.1 Å². The van der Waals surface area contributed by atoms with Crippen LogP contribution in [0.15, 0.2) is 188 Å². The number of benzene rings is 7. The van der Waals surface area contributed by atoms with E-state index in [1.807, 2.05) is 109 Å². The number of nitrogens with zero attached hydrogens (tertiary/aromatic N) is 4. The van der Waals surface area contributed by atoms with E-state index in [0.29, 0.717) is 22.1 Å². The van der Waals surface area contributed by atoms with Crippen LogP contribution >= 0.6 is 0 Å². The van der Waals surface area contributed by atoms with Crippen molar-refractivity contribution in [2.24, 2.45) is 0 Å². The SMILES string of the molecule is Cc1cc(-c2cc(-c3ccccc3)c3ccc4c(-c5ccccc5)cc(F)nc4c3n2)ccc1-c1cc(-c2ccccc2)c2ccc3c(-c4ccccc4)cc(F)nc3c2n1. The first-order chi connectivity index (χ1) is 30.0. The number of rotatable bonds is 6. The van der Waals surface area contributed by atoms with Gasteiger partial charge in [0.2, 0.25) is 11.9 Å². The van der Waals surface area contributed by atoms with Crippen LogP contribution in [0, 0.1) is 18.8 Å². The molecule has 0 spiro atoms. The van der Waals surface area contributed by atoms with Gasteiger partial charge in [0.1, 0.15) is 11.0 Å². The summed E-state index contributed by atoms with van der Waals surface area (Å²) < 4.78 is 31.0. The van der Waals surface area contributed by atoms with Gasteiger partial charge in [-0.1, -0.05) is 158 Å². The molecular weight excluding hydrogens is 755 g/mol. The van der Waals surface area contributed by atoms with Gasteiger partial charge in [-0.25, -0.2) is 19.9 Å². The predicted octanol–water partition coefficient (Wildman–Crippen LogP) is 14.5. The molecule has 61 heavy (non-hydrogen) atoms. The number of halogens is 2. The highest BCUT2D eigenvalue weighted by atomic mass is 19.1. The zero-order chi connectivity index (χ0) is 41.0. The van der Waals surface area contributed by atoms with E-state index in [4.69, 9.17) is 9.97 Å². The monoisotopic (exact) mass is 788 g/mol. The predicted molar refractivity (Wildman–Crippen MR) is 245 cm³/mol. The number of pyridine rings is 4. The second-order valence-electron chi connectivity index (χ2n) is 15.3. The first-order valence-electron chi connectivity index (χ1n) is 20.2. The Balaban J connectivity index is 1.11. The van der Waals surface area contributed by atoms with Crippen LogP contribution in [-0.4, -0.2) is 19.9 Å². The van der Waals surface area contributed by atoms with Gasteiger partial charge < -0.3 is 0 Å². The molecule has 0 bridgehead atoms. The average Bonchev–Trinajstić information content (AvgIpc) is 3.31. The highest BCUT2D eigenvalue weighted by Crippen LogP contribution is 2.41. The number of hydrogen-bond acceptors (Lipinski definition) is 4. The van der Waals surface area contributed by atoms with E-state index in [0.717, 1.165) is 94.1 Å². The minimum Gasteiger partial charge on any atom is -0.245 e. The number of fused-ring (bicyclic) bond motifs is 6. The van der Waals surface area contributed by atoms with Crippen molar-refractivity contribution in [3.8, 4) is 67.0 Å². The molecule has 0 fully saturated rings. The summed E-state index contributed by atoms with van der Waals surface area (Å²) in [4.78, 5) is 19.5. The van der Waals surface area contributed by atoms with E-state index in [9.17, 15) is 0 Å². The number of aryl methyl sites for hydroxylation is 1. The molecule has 7 aromatic carbocycles. The quantitative estimate of drug-likeness (QED) is 0.124. The van der Waals surface area contributed by atoms with Crippen molar-refractivity contribution in [2.75, 3.05) is 0 Å². The van der Waals surface area contributed by atoms with Crippen LogP contribution in [0.2, 0.25) is 0 Å². The van der Waals surface area contributed by atoms with Gasteiger partial charge in [0.15, 0.2) is 0 Å². The molecule has 4 aromatic heterocycles. The molecule has 0 atom stereocenters. The molecular formula is C55H34F2N4. The lowest BCUT2D eigenvalue weighted by Crippen LogP contribution is -1.97. The van der Waals surface area contributed by atoms with Crippen molar-refractivity contribution in [1.82, 2.24) is 19.9 Å². The van der Waals surface area contributed by atoms with Crippen LogP contribution in [0.1, 0.15) is 5.56 Å². The molecule has 0 saturated carbocycles. The smallest absolute Gasteiger partial charge is 0.214 e. The zero-order valence-electron chi connectivity index (χ0n) is 32.9. The molecule has 0 aliphatic heterocycles. The standard InChI is InChI=1S/C55H34F2N4/c1-33-28-38(48-29-44(34-14-6-2-7-15-34)40-24-26-42-46(36-18-10-4-11-19-36)31-50(56)60-54(42)52(40)58-48)22-23-39(33)49-30-45(35-16-8-3-9-17-35)41-25-27-43-47(37-20-12-5-13-21-37)32-51(57)61-55(43)53(41)59-49/h2-32H,1H3. The Hall–Kier alpha value is -7.96. The third-order valence-corrected chi connectivity index (χ3v) is 11.6. The van der Waals surface area contributed by atoms with Gasteiger partial charge >= 0.3 is 0 Å². The summed E-state index contributed by atoms with van der Waals surface area (Å²) in [5.41, 5.74) is 13.8. The van der Waals surface area contributed by atoms with Gasteiger partial charge in [0.05, 0.1) is 22.4 Å². The lowest BCUT2D eigenvalue weighted by molar-refractivity contribution is 0.589. The van der Waals surface area contributed by atoms with E-state index in [2.05, 4.69) is 83.6 Å². The summed E-state index contributed by atoms with van der Waals surface area (Å²) in [5, 5.41) is 3.42. The molecule has 0 unspecified atom stereocenters. The first-order valence-corrected chi connectivity index (χ1v) is 20.2. The van der Waals surface area contributed by atoms with E-state index in [1.54, 1.807) is 0 Å². The highest BCUT2D eigenvalue weighted by molar-refractivity contribution is 6.14. The molecule has 288 valence electrons. The van der Waals surface area contributed by atoms with Crippen molar-refractivity contribution >= 4 is 43.6 Å². The van der Waals surface area contributed by atoms with Crippen LogP contribution in [-0.2, 0) is 0 Å². The van der Waals surface area contributed by atoms with Gasteiger partial charge in [-0.3, -0.25) is 0 Å². The van der Waals surface area contributed by atoms with Gasteiger partial charge in [0, 0.05) is 44.8 Å². The normalized spacial score (nSPS) is 11.5. The van der Waals surface area contributed by atoms with Crippen LogP contribution < -0.4 is 0 Å². The fraction of sp³-hybridized carbons (Fsp3) is 0.0182. The Labute approximate surface area is 350 Å². The van der Waals surface area contributed by atoms with Crippen LogP contribution in [0.5, 0.6) is 0 Å². The molecule has 6 heteroatoms. The zero-order valence-corrected chi connectivity index (χ0v) is 32.9. The minimum absolute atomic E-state index is 0.505. The molecule has 0 radical (unpaired) electrons. The van der Waals surface area contributed by atoms with Crippen molar-refractivity contribution < 1.29 is 8.78 Å². The third kappa shape index (κ3) is 6.37. The van der Waals surface area contributed by atoms with Crippen molar-refractivity contribution in [2.45, 2.75) is 6.92 Å². The second kappa shape index (κ2) is 14.7. The largest absolute Gasteiger partial charge is 0.245 e. The number of hydrogen-bond donors (Lipinski definition) is 0. The van der Waals surface area contributed by atoms with E-state index in [-0.39, 0.29) is 0 Å². The van der Waals surface area contributed by atoms with Crippen molar-refractivity contribution in [3.05, 3.63) is 206 Å². The maximum atomic E-state index is 15.5. The second-order valence-corrected chi connectivity index (χ2v) is 15.3. The van der Waals surface area contributed by atoms with Crippen molar-refractivity contribution in [1.29, 1.82) is 0 Å². The van der Waals surface area contributed by atoms with E-state index >= 15 is 8.78 Å². The first kappa shape index (κ1) is 36.1. The highest BCUT2D eigenvalue weighted by Gasteiger charge is 2.20. The molecule has 4 nitrogen and oxygen atoms in total. The Morgan fingerprint density at radius 2 is 0.639 bits per heavy atom. The topological polar surface area (TPSA) is 51.6 Å². The van der Waals surface area contributed by atoms with Crippen LogP contribution in [0.4, 0.5) is 8.78 Å². The maximum absolute atomic E-state index is 15.5. The number of aromatic nitrogens is 4. The third-order valence-electron chi connectivity index (χ3n) is 11.6. The summed E-state index contributed by atoms with van der Waals surface area (Å²) in [6.07, 6.45) is 0. The Kier molecular flexibility index (Phi) is 8.71.